The zero-order valence-electron chi connectivity index (χ0n) is 10.4. The highest BCUT2D eigenvalue weighted by atomic mass is 32.1. The maximum Gasteiger partial charge on any atom is 0.315 e. The first-order chi connectivity index (χ1) is 9.04. The first-order valence-corrected chi connectivity index (χ1v) is 6.39. The number of hydrogen-bond donors (Lipinski definition) is 2. The fourth-order valence-corrected chi connectivity index (χ4v) is 1.96. The van der Waals surface area contributed by atoms with Gasteiger partial charge in [0.1, 0.15) is 5.82 Å². The number of rotatable bonds is 2. The molecule has 0 saturated carbocycles. The molecular weight excluding hydrogens is 264 g/mol. The molecule has 0 spiro atoms. The van der Waals surface area contributed by atoms with Crippen molar-refractivity contribution < 1.29 is 9.59 Å². The Morgan fingerprint density at radius 1 is 1.16 bits per heavy atom. The number of aryl methyl sites for hydroxylation is 2. The van der Waals surface area contributed by atoms with E-state index in [1.165, 1.54) is 11.3 Å². The molecule has 0 aliphatic rings. The Bertz CT molecular complexity index is 606. The summed E-state index contributed by atoms with van der Waals surface area (Å²) in [6.07, 6.45) is 1.61. The Morgan fingerprint density at radius 2 is 1.89 bits per heavy atom. The van der Waals surface area contributed by atoms with Gasteiger partial charge in [0.15, 0.2) is 5.13 Å². The zero-order chi connectivity index (χ0) is 13.8. The van der Waals surface area contributed by atoms with Crippen LogP contribution in [-0.4, -0.2) is 21.8 Å². The zero-order valence-corrected chi connectivity index (χ0v) is 11.2. The van der Waals surface area contributed by atoms with E-state index in [4.69, 9.17) is 0 Å². The summed E-state index contributed by atoms with van der Waals surface area (Å²) in [4.78, 5) is 31.3. The van der Waals surface area contributed by atoms with Crippen LogP contribution in [0.25, 0.3) is 0 Å². The van der Waals surface area contributed by atoms with Gasteiger partial charge in [0.05, 0.1) is 5.69 Å². The van der Waals surface area contributed by atoms with E-state index in [1.54, 1.807) is 23.7 Å². The van der Waals surface area contributed by atoms with Crippen molar-refractivity contribution in [3.63, 3.8) is 0 Å². The number of aromatic nitrogens is 2. The lowest BCUT2D eigenvalue weighted by atomic mass is 10.3. The molecule has 2 aromatic rings. The average molecular weight is 276 g/mol. The quantitative estimate of drug-likeness (QED) is 0.818. The second kappa shape index (κ2) is 5.57. The van der Waals surface area contributed by atoms with Crippen molar-refractivity contribution in [3.8, 4) is 0 Å². The summed E-state index contributed by atoms with van der Waals surface area (Å²) in [6.45, 7) is 3.69. The second-order valence-electron chi connectivity index (χ2n) is 3.92. The Hall–Kier alpha value is -2.28. The number of amides is 2. The highest BCUT2D eigenvalue weighted by Gasteiger charge is 2.15. The molecule has 0 unspecified atom stereocenters. The first-order valence-electron chi connectivity index (χ1n) is 5.52. The van der Waals surface area contributed by atoms with Crippen LogP contribution in [0.1, 0.15) is 11.3 Å². The van der Waals surface area contributed by atoms with E-state index >= 15 is 0 Å². The van der Waals surface area contributed by atoms with Gasteiger partial charge < -0.3 is 5.32 Å². The summed E-state index contributed by atoms with van der Waals surface area (Å²) in [5.74, 6) is -1.21. The molecule has 2 N–H and O–H groups in total. The lowest BCUT2D eigenvalue weighted by molar-refractivity contribution is -0.133. The number of hydrogen-bond acceptors (Lipinski definition) is 5. The number of nitrogens with zero attached hydrogens (tertiary/aromatic N) is 2. The van der Waals surface area contributed by atoms with E-state index in [0.29, 0.717) is 10.9 Å². The molecule has 0 aliphatic heterocycles. The second-order valence-corrected chi connectivity index (χ2v) is 4.78. The van der Waals surface area contributed by atoms with Gasteiger partial charge in [-0.05, 0) is 25.5 Å². The summed E-state index contributed by atoms with van der Waals surface area (Å²) in [5.41, 5.74) is 1.77. The van der Waals surface area contributed by atoms with Crippen LogP contribution in [0.5, 0.6) is 0 Å². The molecule has 0 saturated heterocycles. The van der Waals surface area contributed by atoms with Gasteiger partial charge in [-0.3, -0.25) is 14.9 Å². The third kappa shape index (κ3) is 3.59. The Labute approximate surface area is 113 Å². The molecule has 0 bridgehead atoms. The molecule has 98 valence electrons. The summed E-state index contributed by atoms with van der Waals surface area (Å²) >= 11 is 1.26. The molecule has 0 atom stereocenters. The number of anilines is 2. The van der Waals surface area contributed by atoms with E-state index in [0.717, 1.165) is 11.3 Å². The minimum atomic E-state index is -0.774. The Balaban J connectivity index is 1.96. The predicted octanol–water partition coefficient (Wildman–Crippen LogP) is 1.73. The summed E-state index contributed by atoms with van der Waals surface area (Å²) < 4.78 is 0. The minimum Gasteiger partial charge on any atom is -0.302 e. The van der Waals surface area contributed by atoms with Crippen LogP contribution in [0, 0.1) is 13.8 Å². The fraction of sp³-hybridized carbons (Fsp3) is 0.167. The number of carbonyl (C=O) groups is 2. The van der Waals surface area contributed by atoms with E-state index in [1.807, 2.05) is 13.8 Å². The van der Waals surface area contributed by atoms with Gasteiger partial charge >= 0.3 is 11.8 Å². The van der Waals surface area contributed by atoms with Crippen LogP contribution in [0.4, 0.5) is 10.9 Å². The summed E-state index contributed by atoms with van der Waals surface area (Å²) in [6, 6.07) is 3.43. The van der Waals surface area contributed by atoms with E-state index < -0.39 is 11.8 Å². The van der Waals surface area contributed by atoms with Crippen molar-refractivity contribution in [2.45, 2.75) is 13.8 Å². The predicted molar refractivity (Wildman–Crippen MR) is 73.1 cm³/mol. The molecule has 2 rings (SSSR count). The van der Waals surface area contributed by atoms with E-state index in [2.05, 4.69) is 20.6 Å². The van der Waals surface area contributed by atoms with Gasteiger partial charge in [-0.1, -0.05) is 6.07 Å². The van der Waals surface area contributed by atoms with E-state index in [9.17, 15) is 9.59 Å². The van der Waals surface area contributed by atoms with Gasteiger partial charge in [0.2, 0.25) is 0 Å². The normalized spacial score (nSPS) is 10.0. The van der Waals surface area contributed by atoms with Crippen LogP contribution in [0.2, 0.25) is 0 Å². The van der Waals surface area contributed by atoms with Gasteiger partial charge in [-0.2, -0.15) is 0 Å². The lowest BCUT2D eigenvalue weighted by Crippen LogP contribution is -2.29. The molecule has 19 heavy (non-hydrogen) atoms. The molecule has 2 heterocycles. The molecule has 0 fully saturated rings. The maximum atomic E-state index is 11.6. The highest BCUT2D eigenvalue weighted by Crippen LogP contribution is 2.14. The molecule has 0 radical (unpaired) electrons. The third-order valence-electron chi connectivity index (χ3n) is 2.20. The number of nitrogens with one attached hydrogen (secondary N) is 2. The molecular formula is C12H12N4O2S. The van der Waals surface area contributed by atoms with Gasteiger partial charge in [0, 0.05) is 11.6 Å². The molecule has 2 aromatic heterocycles. The first kappa shape index (κ1) is 13.2. The standard InChI is InChI=1S/C12H12N4O2S/c1-7-3-4-9(13-5-7)15-10(17)11(18)16-12-14-8(2)6-19-12/h3-6H,1-2H3,(H,13,15,17)(H,14,16,18). The van der Waals surface area contributed by atoms with Gasteiger partial charge in [0.25, 0.3) is 0 Å². The van der Waals surface area contributed by atoms with Crippen LogP contribution >= 0.6 is 11.3 Å². The van der Waals surface area contributed by atoms with Crippen molar-refractivity contribution in [1.29, 1.82) is 0 Å². The van der Waals surface area contributed by atoms with Crippen molar-refractivity contribution >= 4 is 34.1 Å². The van der Waals surface area contributed by atoms with Crippen molar-refractivity contribution in [2.24, 2.45) is 0 Å². The maximum absolute atomic E-state index is 11.6. The largest absolute Gasteiger partial charge is 0.315 e. The summed E-state index contributed by atoms with van der Waals surface area (Å²) in [5, 5.41) is 7.02. The van der Waals surface area contributed by atoms with Crippen molar-refractivity contribution in [2.75, 3.05) is 10.6 Å². The van der Waals surface area contributed by atoms with E-state index in [-0.39, 0.29) is 0 Å². The van der Waals surface area contributed by atoms with Crippen LogP contribution in [0.15, 0.2) is 23.7 Å². The van der Waals surface area contributed by atoms with Gasteiger partial charge in [-0.15, -0.1) is 11.3 Å². The smallest absolute Gasteiger partial charge is 0.302 e. The van der Waals surface area contributed by atoms with Crippen LogP contribution in [-0.2, 0) is 9.59 Å². The number of pyridine rings is 1. The van der Waals surface area contributed by atoms with Gasteiger partial charge in [-0.25, -0.2) is 9.97 Å². The van der Waals surface area contributed by atoms with Crippen molar-refractivity contribution in [1.82, 2.24) is 9.97 Å². The number of thiazole rings is 1. The fourth-order valence-electron chi connectivity index (χ4n) is 1.28. The van der Waals surface area contributed by atoms with Crippen LogP contribution < -0.4 is 10.6 Å². The minimum absolute atomic E-state index is 0.334. The molecule has 7 heteroatoms. The Kier molecular flexibility index (Phi) is 3.86. The molecule has 6 nitrogen and oxygen atoms in total. The number of carbonyl (C=O) groups excluding carboxylic acids is 2. The van der Waals surface area contributed by atoms with Crippen molar-refractivity contribution in [3.05, 3.63) is 35.0 Å². The summed E-state index contributed by atoms with van der Waals surface area (Å²) in [7, 11) is 0. The lowest BCUT2D eigenvalue weighted by Gasteiger charge is -2.03. The van der Waals surface area contributed by atoms with Crippen LogP contribution in [0.3, 0.4) is 0 Å². The third-order valence-corrected chi connectivity index (χ3v) is 3.07. The molecule has 2 amide bonds. The highest BCUT2D eigenvalue weighted by molar-refractivity contribution is 7.14. The monoisotopic (exact) mass is 276 g/mol. The topological polar surface area (TPSA) is 84.0 Å². The SMILES string of the molecule is Cc1ccc(NC(=O)C(=O)Nc2nc(C)cs2)nc1. The Morgan fingerprint density at radius 3 is 2.47 bits per heavy atom. The molecule has 0 aromatic carbocycles. The average Bonchev–Trinajstić information content (AvgIpc) is 2.77. The molecule has 0 aliphatic carbocycles.